The molecule has 0 atom stereocenters. The van der Waals surface area contributed by atoms with Crippen LogP contribution in [0.5, 0.6) is 0 Å². The predicted molar refractivity (Wildman–Crippen MR) is 116 cm³/mol. The largest absolute Gasteiger partial charge is 0.340 e. The predicted octanol–water partition coefficient (Wildman–Crippen LogP) is 3.62. The molecule has 1 amide bonds. The van der Waals surface area contributed by atoms with Crippen molar-refractivity contribution in [1.82, 2.24) is 20.0 Å². The van der Waals surface area contributed by atoms with Crippen LogP contribution in [0.4, 0.5) is 0 Å². The zero-order chi connectivity index (χ0) is 19.2. The number of hydrogen-bond acceptors (Lipinski definition) is 3. The normalized spacial score (nSPS) is 10.4. The molecule has 0 bridgehead atoms. The topological polar surface area (TPSA) is 50.2 Å². The Labute approximate surface area is 172 Å². The molecule has 0 spiro atoms. The monoisotopic (exact) mass is 398 g/mol. The summed E-state index contributed by atoms with van der Waals surface area (Å²) >= 11 is 0. The van der Waals surface area contributed by atoms with Gasteiger partial charge in [-0.1, -0.05) is 60.2 Å². The second kappa shape index (κ2) is 10.1. The molecule has 0 fully saturated rings. The number of carbonyl (C=O) groups is 1. The second-order valence-electron chi connectivity index (χ2n) is 6.77. The lowest BCUT2D eigenvalue weighted by molar-refractivity contribution is 0.0797. The number of halogens is 1. The maximum Gasteiger partial charge on any atom is 0.257 e. The summed E-state index contributed by atoms with van der Waals surface area (Å²) in [6, 6.07) is 18.3. The van der Waals surface area contributed by atoms with E-state index in [1.807, 2.05) is 67.4 Å². The Morgan fingerprint density at radius 1 is 1.11 bits per heavy atom. The van der Waals surface area contributed by atoms with Crippen LogP contribution in [0, 0.1) is 6.92 Å². The van der Waals surface area contributed by atoms with Crippen LogP contribution < -0.4 is 5.32 Å². The Morgan fingerprint density at radius 2 is 1.79 bits per heavy atom. The summed E-state index contributed by atoms with van der Waals surface area (Å²) in [5.41, 5.74) is 4.65. The van der Waals surface area contributed by atoms with Crippen molar-refractivity contribution in [1.29, 1.82) is 0 Å². The van der Waals surface area contributed by atoms with Gasteiger partial charge >= 0.3 is 0 Å². The summed E-state index contributed by atoms with van der Waals surface area (Å²) in [6.07, 6.45) is 1.86. The molecule has 148 valence electrons. The zero-order valence-corrected chi connectivity index (χ0v) is 17.4. The minimum atomic E-state index is -0.0138. The van der Waals surface area contributed by atoms with E-state index in [4.69, 9.17) is 5.10 Å². The first-order valence-corrected chi connectivity index (χ1v) is 9.17. The molecule has 0 saturated heterocycles. The fraction of sp³-hybridized carbons (Fsp3) is 0.273. The van der Waals surface area contributed by atoms with Crippen LogP contribution in [0.25, 0.3) is 11.3 Å². The number of likely N-dealkylation sites (N-methyl/N-ethyl adjacent to an activating group) is 2. The Bertz CT molecular complexity index is 891. The van der Waals surface area contributed by atoms with Gasteiger partial charge in [-0.15, -0.1) is 12.4 Å². The third kappa shape index (κ3) is 5.21. The molecule has 28 heavy (non-hydrogen) atoms. The number of aromatic nitrogens is 2. The van der Waals surface area contributed by atoms with E-state index < -0.39 is 0 Å². The van der Waals surface area contributed by atoms with E-state index in [1.54, 1.807) is 4.90 Å². The lowest BCUT2D eigenvalue weighted by Gasteiger charge is -2.16. The van der Waals surface area contributed by atoms with Gasteiger partial charge in [-0.05, 0) is 19.5 Å². The summed E-state index contributed by atoms with van der Waals surface area (Å²) in [5, 5.41) is 7.82. The summed E-state index contributed by atoms with van der Waals surface area (Å²) < 4.78 is 1.85. The fourth-order valence-corrected chi connectivity index (χ4v) is 2.94. The first-order valence-electron chi connectivity index (χ1n) is 9.17. The molecule has 0 aliphatic rings. The number of aryl methyl sites for hydroxylation is 1. The number of nitrogens with one attached hydrogen (secondary N) is 1. The average molecular weight is 399 g/mol. The zero-order valence-electron chi connectivity index (χ0n) is 16.6. The van der Waals surface area contributed by atoms with Gasteiger partial charge in [0.05, 0.1) is 12.1 Å². The molecule has 1 aromatic heterocycles. The molecule has 3 aromatic rings. The summed E-state index contributed by atoms with van der Waals surface area (Å²) in [5.74, 6) is -0.0138. The Balaban J connectivity index is 0.00000280. The molecule has 0 unspecified atom stereocenters. The third-order valence-corrected chi connectivity index (χ3v) is 4.55. The van der Waals surface area contributed by atoms with Crippen LogP contribution in [0.2, 0.25) is 0 Å². The number of hydrogen-bond donors (Lipinski definition) is 1. The van der Waals surface area contributed by atoms with Crippen molar-refractivity contribution in [2.24, 2.45) is 0 Å². The summed E-state index contributed by atoms with van der Waals surface area (Å²) in [7, 11) is 3.71. The van der Waals surface area contributed by atoms with Gasteiger partial charge in [0, 0.05) is 31.9 Å². The van der Waals surface area contributed by atoms with Crippen molar-refractivity contribution in [3.8, 4) is 11.3 Å². The fourth-order valence-electron chi connectivity index (χ4n) is 2.94. The van der Waals surface area contributed by atoms with E-state index in [9.17, 15) is 4.79 Å². The smallest absolute Gasteiger partial charge is 0.257 e. The number of nitrogens with zero attached hydrogens (tertiary/aromatic N) is 3. The van der Waals surface area contributed by atoms with Gasteiger partial charge in [-0.25, -0.2) is 0 Å². The molecule has 0 aliphatic carbocycles. The SMILES string of the molecule is CNCCN(C)C(=O)c1cn(Cc2ccccc2)nc1-c1ccc(C)cc1.Cl. The number of rotatable bonds is 7. The molecule has 0 radical (unpaired) electrons. The number of carbonyl (C=O) groups excluding carboxylic acids is 1. The highest BCUT2D eigenvalue weighted by Crippen LogP contribution is 2.24. The van der Waals surface area contributed by atoms with E-state index in [1.165, 1.54) is 5.56 Å². The van der Waals surface area contributed by atoms with Gasteiger partial charge in [0.1, 0.15) is 5.69 Å². The lowest BCUT2D eigenvalue weighted by atomic mass is 10.1. The highest BCUT2D eigenvalue weighted by molar-refractivity contribution is 5.99. The minimum absolute atomic E-state index is 0. The van der Waals surface area contributed by atoms with E-state index in [0.717, 1.165) is 23.4 Å². The van der Waals surface area contributed by atoms with Gasteiger partial charge in [0.25, 0.3) is 5.91 Å². The van der Waals surface area contributed by atoms with E-state index >= 15 is 0 Å². The molecular formula is C22H27ClN4O. The van der Waals surface area contributed by atoms with Crippen LogP contribution in [0.1, 0.15) is 21.5 Å². The van der Waals surface area contributed by atoms with Crippen molar-refractivity contribution < 1.29 is 4.79 Å². The average Bonchev–Trinajstić information content (AvgIpc) is 3.10. The van der Waals surface area contributed by atoms with Crippen molar-refractivity contribution >= 4 is 18.3 Å². The molecule has 3 rings (SSSR count). The Kier molecular flexibility index (Phi) is 7.79. The quantitative estimate of drug-likeness (QED) is 0.661. The summed E-state index contributed by atoms with van der Waals surface area (Å²) in [4.78, 5) is 14.8. The van der Waals surface area contributed by atoms with Gasteiger partial charge in [-0.3, -0.25) is 9.48 Å². The molecule has 1 heterocycles. The molecular weight excluding hydrogens is 372 g/mol. The first kappa shape index (κ1) is 21.7. The van der Waals surface area contributed by atoms with Crippen molar-refractivity contribution in [3.63, 3.8) is 0 Å². The van der Waals surface area contributed by atoms with Crippen LogP contribution in [-0.4, -0.2) is 47.8 Å². The third-order valence-electron chi connectivity index (χ3n) is 4.55. The van der Waals surface area contributed by atoms with E-state index in [0.29, 0.717) is 18.7 Å². The van der Waals surface area contributed by atoms with Crippen LogP contribution in [-0.2, 0) is 6.54 Å². The number of benzene rings is 2. The van der Waals surface area contributed by atoms with Crippen LogP contribution >= 0.6 is 12.4 Å². The minimum Gasteiger partial charge on any atom is -0.340 e. The Morgan fingerprint density at radius 3 is 2.43 bits per heavy atom. The van der Waals surface area contributed by atoms with Gasteiger partial charge < -0.3 is 10.2 Å². The highest BCUT2D eigenvalue weighted by atomic mass is 35.5. The van der Waals surface area contributed by atoms with Crippen molar-refractivity contribution in [3.05, 3.63) is 77.5 Å². The molecule has 0 saturated carbocycles. The van der Waals surface area contributed by atoms with Gasteiger partial charge in [-0.2, -0.15) is 5.10 Å². The summed E-state index contributed by atoms with van der Waals surface area (Å²) in [6.45, 7) is 4.08. The maximum atomic E-state index is 13.0. The van der Waals surface area contributed by atoms with Crippen molar-refractivity contribution in [2.45, 2.75) is 13.5 Å². The first-order chi connectivity index (χ1) is 13.1. The second-order valence-corrected chi connectivity index (χ2v) is 6.77. The van der Waals surface area contributed by atoms with Gasteiger partial charge in [0.15, 0.2) is 0 Å². The molecule has 0 aliphatic heterocycles. The maximum absolute atomic E-state index is 13.0. The van der Waals surface area contributed by atoms with Crippen LogP contribution in [0.3, 0.4) is 0 Å². The lowest BCUT2D eigenvalue weighted by Crippen LogP contribution is -2.32. The molecule has 5 nitrogen and oxygen atoms in total. The van der Waals surface area contributed by atoms with Crippen molar-refractivity contribution in [2.75, 3.05) is 27.2 Å². The van der Waals surface area contributed by atoms with Crippen LogP contribution in [0.15, 0.2) is 60.8 Å². The van der Waals surface area contributed by atoms with E-state index in [2.05, 4.69) is 24.4 Å². The molecule has 2 aromatic carbocycles. The number of amides is 1. The Hall–Kier alpha value is -2.63. The molecule has 1 N–H and O–H groups in total. The molecule has 6 heteroatoms. The van der Waals surface area contributed by atoms with Gasteiger partial charge in [0.2, 0.25) is 0 Å². The van der Waals surface area contributed by atoms with E-state index in [-0.39, 0.29) is 18.3 Å². The standard InChI is InChI=1S/C22H26N4O.ClH/c1-17-9-11-19(12-10-17)21-20(22(27)25(3)14-13-23-2)16-26(24-21)15-18-7-5-4-6-8-18;/h4-12,16,23H,13-15H2,1-3H3;1H. The highest BCUT2D eigenvalue weighted by Gasteiger charge is 2.21.